The van der Waals surface area contributed by atoms with Crippen molar-refractivity contribution in [2.75, 3.05) is 11.9 Å². The molecule has 2 rings (SSSR count). The van der Waals surface area contributed by atoms with Gasteiger partial charge in [-0.3, -0.25) is 4.90 Å². The molecule has 0 radical (unpaired) electrons. The van der Waals surface area contributed by atoms with Crippen molar-refractivity contribution in [1.29, 1.82) is 0 Å². The van der Waals surface area contributed by atoms with E-state index in [1.54, 1.807) is 6.33 Å². The summed E-state index contributed by atoms with van der Waals surface area (Å²) in [7, 11) is 0. The molecule has 0 aromatic carbocycles. The van der Waals surface area contributed by atoms with Gasteiger partial charge in [-0.15, -0.1) is 0 Å². The Labute approximate surface area is 124 Å². The van der Waals surface area contributed by atoms with E-state index in [2.05, 4.69) is 49.4 Å². The lowest BCUT2D eigenvalue weighted by molar-refractivity contribution is 0.199. The third-order valence-corrected chi connectivity index (χ3v) is 4.50. The Morgan fingerprint density at radius 1 is 1.37 bits per heavy atom. The number of nitrogens with zero attached hydrogens (tertiary/aromatic N) is 4. The summed E-state index contributed by atoms with van der Waals surface area (Å²) in [6, 6.07) is 0.645. The van der Waals surface area contributed by atoms with Crippen LogP contribution in [0.5, 0.6) is 0 Å². The first-order valence-electron chi connectivity index (χ1n) is 7.37. The number of aromatic nitrogens is 3. The van der Waals surface area contributed by atoms with Crippen molar-refractivity contribution in [1.82, 2.24) is 19.7 Å². The molecule has 0 spiro atoms. The molecule has 0 amide bonds. The number of likely N-dealkylation sites (tertiary alicyclic amines) is 1. The second kappa shape index (κ2) is 7.39. The average Bonchev–Trinajstić information content (AvgIpc) is 2.67. The van der Waals surface area contributed by atoms with E-state index >= 15 is 0 Å². The van der Waals surface area contributed by atoms with Crippen LogP contribution in [-0.2, 0) is 13.1 Å². The molecule has 0 N–H and O–H groups in total. The molecule has 1 unspecified atom stereocenters. The number of alkyl halides is 1. The first-order chi connectivity index (χ1) is 9.20. The number of hydrogen-bond donors (Lipinski definition) is 0. The molecule has 1 aromatic heterocycles. The fourth-order valence-corrected chi connectivity index (χ4v) is 3.44. The third kappa shape index (κ3) is 4.28. The summed E-state index contributed by atoms with van der Waals surface area (Å²) < 4.78 is 2.07. The number of rotatable bonds is 5. The van der Waals surface area contributed by atoms with Crippen LogP contribution in [0.2, 0.25) is 0 Å². The number of hydrogen-bond acceptors (Lipinski definition) is 3. The molecule has 5 heteroatoms. The minimum atomic E-state index is 0.608. The molecule has 1 aliphatic rings. The molecule has 1 atom stereocenters. The van der Waals surface area contributed by atoms with Gasteiger partial charge in [-0.2, -0.15) is 5.10 Å². The van der Waals surface area contributed by atoms with Crippen LogP contribution in [-0.4, -0.2) is 37.6 Å². The van der Waals surface area contributed by atoms with E-state index in [-0.39, 0.29) is 0 Å². The smallest absolute Gasteiger partial charge is 0.141 e. The molecule has 1 aliphatic heterocycles. The van der Waals surface area contributed by atoms with Crippen molar-refractivity contribution < 1.29 is 0 Å². The maximum Gasteiger partial charge on any atom is 0.141 e. The first kappa shape index (κ1) is 15.0. The van der Waals surface area contributed by atoms with Crippen LogP contribution in [0, 0.1) is 5.92 Å². The molecule has 1 saturated heterocycles. The predicted octanol–water partition coefficient (Wildman–Crippen LogP) is 3.07. The molecule has 19 heavy (non-hydrogen) atoms. The summed E-state index contributed by atoms with van der Waals surface area (Å²) in [6.45, 7) is 7.52. The van der Waals surface area contributed by atoms with Crippen molar-refractivity contribution in [3.05, 3.63) is 12.2 Å². The first-order valence-corrected chi connectivity index (χ1v) is 8.49. The van der Waals surface area contributed by atoms with Gasteiger partial charge in [0.15, 0.2) is 0 Å². The molecule has 0 bridgehead atoms. The van der Waals surface area contributed by atoms with Gasteiger partial charge in [-0.05, 0) is 25.3 Å². The Kier molecular flexibility index (Phi) is 5.82. The van der Waals surface area contributed by atoms with Crippen molar-refractivity contribution in [3.63, 3.8) is 0 Å². The van der Waals surface area contributed by atoms with E-state index in [1.165, 1.54) is 32.2 Å². The maximum atomic E-state index is 4.46. The molecule has 0 aliphatic carbocycles. The van der Waals surface area contributed by atoms with Crippen LogP contribution in [0.4, 0.5) is 0 Å². The van der Waals surface area contributed by atoms with Gasteiger partial charge in [-0.25, -0.2) is 9.67 Å². The van der Waals surface area contributed by atoms with Crippen molar-refractivity contribution in [3.8, 4) is 0 Å². The summed E-state index contributed by atoms with van der Waals surface area (Å²) in [6.07, 6.45) is 7.01. The highest BCUT2D eigenvalue weighted by molar-refractivity contribution is 9.09. The van der Waals surface area contributed by atoms with Gasteiger partial charge >= 0.3 is 0 Å². The molecule has 1 aromatic rings. The second-order valence-corrected chi connectivity index (χ2v) is 6.53. The van der Waals surface area contributed by atoms with Crippen LogP contribution < -0.4 is 0 Å². The maximum absolute atomic E-state index is 4.46. The lowest BCUT2D eigenvalue weighted by Crippen LogP contribution is -2.36. The minimum absolute atomic E-state index is 0.608. The van der Waals surface area contributed by atoms with E-state index in [0.29, 0.717) is 12.0 Å². The van der Waals surface area contributed by atoms with Gasteiger partial charge < -0.3 is 0 Å². The second-order valence-electron chi connectivity index (χ2n) is 5.88. The van der Waals surface area contributed by atoms with Gasteiger partial charge in [-0.1, -0.05) is 42.6 Å². The topological polar surface area (TPSA) is 34.0 Å². The van der Waals surface area contributed by atoms with E-state index in [1.807, 2.05) is 0 Å². The van der Waals surface area contributed by atoms with Crippen LogP contribution in [0.1, 0.15) is 45.4 Å². The van der Waals surface area contributed by atoms with Gasteiger partial charge in [0.25, 0.3) is 0 Å². The normalized spacial score (nSPS) is 21.8. The highest BCUT2D eigenvalue weighted by Gasteiger charge is 2.21. The summed E-state index contributed by atoms with van der Waals surface area (Å²) >= 11 is 3.66. The van der Waals surface area contributed by atoms with E-state index in [4.69, 9.17) is 0 Å². The van der Waals surface area contributed by atoms with Crippen LogP contribution >= 0.6 is 15.9 Å². The zero-order chi connectivity index (χ0) is 13.7. The van der Waals surface area contributed by atoms with Crippen LogP contribution in [0.25, 0.3) is 0 Å². The molecular formula is C14H25BrN4. The summed E-state index contributed by atoms with van der Waals surface area (Å²) in [5.74, 6) is 1.72. The number of halogens is 1. The highest BCUT2D eigenvalue weighted by atomic mass is 79.9. The third-order valence-electron chi connectivity index (χ3n) is 3.76. The van der Waals surface area contributed by atoms with Crippen molar-refractivity contribution in [2.24, 2.45) is 5.92 Å². The zero-order valence-corrected chi connectivity index (χ0v) is 13.6. The van der Waals surface area contributed by atoms with Crippen molar-refractivity contribution in [2.45, 2.75) is 58.7 Å². The van der Waals surface area contributed by atoms with Crippen LogP contribution in [0.15, 0.2) is 6.33 Å². The van der Waals surface area contributed by atoms with Gasteiger partial charge in [0.1, 0.15) is 12.2 Å². The lowest BCUT2D eigenvalue weighted by Gasteiger charge is -2.28. The zero-order valence-electron chi connectivity index (χ0n) is 12.1. The average molecular weight is 329 g/mol. The van der Waals surface area contributed by atoms with Gasteiger partial charge in [0.05, 0.1) is 6.54 Å². The quantitative estimate of drug-likeness (QED) is 0.779. The summed E-state index contributed by atoms with van der Waals surface area (Å²) in [5, 5.41) is 5.42. The molecule has 4 nitrogen and oxygen atoms in total. The Hall–Kier alpha value is -0.420. The van der Waals surface area contributed by atoms with E-state index in [0.717, 1.165) is 24.2 Å². The Balaban J connectivity index is 2.03. The Morgan fingerprint density at radius 3 is 2.95 bits per heavy atom. The van der Waals surface area contributed by atoms with Crippen LogP contribution in [0.3, 0.4) is 0 Å². The van der Waals surface area contributed by atoms with Gasteiger partial charge in [0.2, 0.25) is 0 Å². The Bertz CT molecular complexity index is 377. The van der Waals surface area contributed by atoms with E-state index < -0.39 is 0 Å². The molecule has 0 saturated carbocycles. The molecule has 2 heterocycles. The largest absolute Gasteiger partial charge is 0.292 e. The fourth-order valence-electron chi connectivity index (χ4n) is 2.71. The van der Waals surface area contributed by atoms with E-state index in [9.17, 15) is 0 Å². The fraction of sp³-hybridized carbons (Fsp3) is 0.857. The highest BCUT2D eigenvalue weighted by Crippen LogP contribution is 2.20. The molecule has 1 fully saturated rings. The lowest BCUT2D eigenvalue weighted by atomic mass is 10.1. The molecular weight excluding hydrogens is 304 g/mol. The minimum Gasteiger partial charge on any atom is -0.292 e. The Morgan fingerprint density at radius 2 is 2.21 bits per heavy atom. The SMILES string of the molecule is CC(C)Cn1ncnc1CN1CCCCCC1CBr. The van der Waals surface area contributed by atoms with Gasteiger partial charge in [0, 0.05) is 17.9 Å². The standard InChI is InChI=1S/C14H25BrN4/c1-12(2)9-19-14(16-11-17-19)10-18-7-5-3-4-6-13(18)8-15/h11-13H,3-10H2,1-2H3. The summed E-state index contributed by atoms with van der Waals surface area (Å²) in [4.78, 5) is 7.03. The molecule has 108 valence electrons. The monoisotopic (exact) mass is 328 g/mol. The van der Waals surface area contributed by atoms with Crippen molar-refractivity contribution >= 4 is 15.9 Å². The summed E-state index contributed by atoms with van der Waals surface area (Å²) in [5.41, 5.74) is 0. The predicted molar refractivity (Wildman–Crippen MR) is 81.3 cm³/mol.